The first-order chi connectivity index (χ1) is 14.5. The van der Waals surface area contributed by atoms with Gasteiger partial charge in [0, 0.05) is 31.6 Å². The molecule has 0 fully saturated rings. The van der Waals surface area contributed by atoms with Crippen LogP contribution in [-0.2, 0) is 6.61 Å². The summed E-state index contributed by atoms with van der Waals surface area (Å²) in [6, 6.07) is 22.2. The second-order valence-electron chi connectivity index (χ2n) is 6.56. The highest BCUT2D eigenvalue weighted by Gasteiger charge is 2.16. The van der Waals surface area contributed by atoms with Crippen LogP contribution in [-0.4, -0.2) is 5.97 Å². The van der Waals surface area contributed by atoms with Crippen LogP contribution in [0.3, 0.4) is 0 Å². The highest BCUT2D eigenvalue weighted by atomic mass is 35.5. The molecule has 0 radical (unpaired) electrons. The molecule has 6 heteroatoms. The number of rotatable bonds is 6. The van der Waals surface area contributed by atoms with Crippen molar-refractivity contribution in [3.63, 3.8) is 0 Å². The van der Waals surface area contributed by atoms with Gasteiger partial charge in [0.2, 0.25) is 0 Å². The first-order valence-electron chi connectivity index (χ1n) is 9.08. The van der Waals surface area contributed by atoms with E-state index in [1.165, 1.54) is 17.4 Å². The van der Waals surface area contributed by atoms with E-state index in [1.54, 1.807) is 18.2 Å². The molecule has 4 aromatic rings. The van der Waals surface area contributed by atoms with Gasteiger partial charge in [0.05, 0.1) is 5.97 Å². The van der Waals surface area contributed by atoms with Gasteiger partial charge in [-0.25, -0.2) is 0 Å². The van der Waals surface area contributed by atoms with Gasteiger partial charge in [-0.05, 0) is 52.9 Å². The third-order valence-electron chi connectivity index (χ3n) is 4.58. The van der Waals surface area contributed by atoms with Gasteiger partial charge in [-0.2, -0.15) is 0 Å². The van der Waals surface area contributed by atoms with E-state index in [-0.39, 0.29) is 10.6 Å². The summed E-state index contributed by atoms with van der Waals surface area (Å²) < 4.78 is 6.09. The fourth-order valence-corrected chi connectivity index (χ4v) is 4.42. The zero-order valence-corrected chi connectivity index (χ0v) is 17.9. The van der Waals surface area contributed by atoms with Crippen molar-refractivity contribution in [2.24, 2.45) is 0 Å². The number of carboxylic acids is 1. The first-order valence-corrected chi connectivity index (χ1v) is 10.7. The van der Waals surface area contributed by atoms with Gasteiger partial charge in [-0.3, -0.25) is 0 Å². The minimum Gasteiger partial charge on any atom is -0.545 e. The maximum absolute atomic E-state index is 11.4. The Hall–Kier alpha value is -2.79. The van der Waals surface area contributed by atoms with Crippen molar-refractivity contribution in [2.75, 3.05) is 0 Å². The number of thiophene rings is 1. The zero-order chi connectivity index (χ0) is 21.1. The van der Waals surface area contributed by atoms with E-state index in [0.717, 1.165) is 27.1 Å². The molecule has 3 aromatic carbocycles. The summed E-state index contributed by atoms with van der Waals surface area (Å²) in [7, 11) is 0. The smallest absolute Gasteiger partial charge is 0.127 e. The lowest BCUT2D eigenvalue weighted by molar-refractivity contribution is -0.255. The molecule has 30 heavy (non-hydrogen) atoms. The first kappa shape index (κ1) is 20.5. The zero-order valence-electron chi connectivity index (χ0n) is 15.6. The van der Waals surface area contributed by atoms with Crippen molar-refractivity contribution < 1.29 is 14.6 Å². The molecule has 1 heterocycles. The van der Waals surface area contributed by atoms with Gasteiger partial charge < -0.3 is 14.6 Å². The topological polar surface area (TPSA) is 49.4 Å². The Bertz CT molecular complexity index is 1200. The van der Waals surface area contributed by atoms with E-state index in [4.69, 9.17) is 27.9 Å². The van der Waals surface area contributed by atoms with E-state index in [1.807, 2.05) is 53.9 Å². The predicted molar refractivity (Wildman–Crippen MR) is 120 cm³/mol. The Labute approximate surface area is 188 Å². The molecule has 0 saturated heterocycles. The van der Waals surface area contributed by atoms with E-state index in [0.29, 0.717) is 17.4 Å². The van der Waals surface area contributed by atoms with Crippen molar-refractivity contribution in [3.8, 4) is 27.3 Å². The lowest BCUT2D eigenvalue weighted by atomic mass is 10.0. The fourth-order valence-electron chi connectivity index (χ4n) is 3.14. The average molecular weight is 454 g/mol. The third-order valence-corrected chi connectivity index (χ3v) is 6.11. The Morgan fingerprint density at radius 3 is 2.50 bits per heavy atom. The van der Waals surface area contributed by atoms with Gasteiger partial charge in [0.1, 0.15) is 12.4 Å². The molecule has 0 unspecified atom stereocenters. The molecule has 0 N–H and O–H groups in total. The lowest BCUT2D eigenvalue weighted by Gasteiger charge is -2.14. The molecule has 3 nitrogen and oxygen atoms in total. The second kappa shape index (κ2) is 8.92. The molecule has 0 amide bonds. The fraction of sp³-hybridized carbons (Fsp3) is 0.0417. The number of carbonyl (C=O) groups excluding carboxylic acids is 1. The van der Waals surface area contributed by atoms with Crippen molar-refractivity contribution in [1.82, 2.24) is 0 Å². The van der Waals surface area contributed by atoms with E-state index in [2.05, 4.69) is 0 Å². The quantitative estimate of drug-likeness (QED) is 0.342. The molecule has 0 aliphatic carbocycles. The number of benzene rings is 3. The van der Waals surface area contributed by atoms with Crippen LogP contribution in [0.15, 0.2) is 78.2 Å². The largest absolute Gasteiger partial charge is 0.545 e. The number of aromatic carboxylic acids is 1. The highest BCUT2D eigenvalue weighted by Crippen LogP contribution is 2.42. The SMILES string of the molecule is O=C([O-])c1cc(-c2sccc2-c2cc(Cl)ccc2OCc2ccccc2)ccc1Cl. The van der Waals surface area contributed by atoms with Crippen LogP contribution in [0.5, 0.6) is 5.75 Å². The number of hydrogen-bond acceptors (Lipinski definition) is 4. The number of carboxylic acid groups (broad SMARTS) is 1. The lowest BCUT2D eigenvalue weighted by Crippen LogP contribution is -2.22. The van der Waals surface area contributed by atoms with Crippen LogP contribution >= 0.6 is 34.5 Å². The summed E-state index contributed by atoms with van der Waals surface area (Å²) in [5.41, 5.74) is 3.48. The normalized spacial score (nSPS) is 10.7. The van der Waals surface area contributed by atoms with Crippen LogP contribution in [0.25, 0.3) is 21.6 Å². The summed E-state index contributed by atoms with van der Waals surface area (Å²) in [6.07, 6.45) is 0. The number of hydrogen-bond donors (Lipinski definition) is 0. The standard InChI is InChI=1S/C24H16Cl2O3S/c25-17-7-9-22(29-14-15-4-2-1-3-5-15)19(13-17)18-10-11-30-23(18)16-6-8-21(26)20(12-16)24(27)28/h1-13H,14H2,(H,27,28)/p-1. The number of carbonyl (C=O) groups is 1. The maximum Gasteiger partial charge on any atom is 0.127 e. The number of ether oxygens (including phenoxy) is 1. The molecular formula is C24H15Cl2O3S-. The molecule has 0 saturated carbocycles. The van der Waals surface area contributed by atoms with Crippen molar-refractivity contribution >= 4 is 40.5 Å². The van der Waals surface area contributed by atoms with E-state index >= 15 is 0 Å². The molecule has 0 aliphatic heterocycles. The molecule has 1 aromatic heterocycles. The Kier molecular flexibility index (Phi) is 6.09. The van der Waals surface area contributed by atoms with Crippen molar-refractivity contribution in [3.05, 3.63) is 99.3 Å². The van der Waals surface area contributed by atoms with Gasteiger partial charge >= 0.3 is 0 Å². The molecule has 0 bridgehead atoms. The molecular weight excluding hydrogens is 439 g/mol. The van der Waals surface area contributed by atoms with Crippen molar-refractivity contribution in [1.29, 1.82) is 0 Å². The molecule has 0 aliphatic rings. The predicted octanol–water partition coefficient (Wildman–Crippen LogP) is 6.33. The summed E-state index contributed by atoms with van der Waals surface area (Å²) in [5.74, 6) is -0.619. The summed E-state index contributed by atoms with van der Waals surface area (Å²) in [5, 5.41) is 14.1. The highest BCUT2D eigenvalue weighted by molar-refractivity contribution is 7.14. The van der Waals surface area contributed by atoms with E-state index in [9.17, 15) is 9.90 Å². The summed E-state index contributed by atoms with van der Waals surface area (Å²) in [4.78, 5) is 12.3. The molecule has 0 atom stereocenters. The van der Waals surface area contributed by atoms with Crippen LogP contribution in [0.2, 0.25) is 10.0 Å². The van der Waals surface area contributed by atoms with Crippen LogP contribution in [0.1, 0.15) is 15.9 Å². The maximum atomic E-state index is 11.4. The molecule has 0 spiro atoms. The molecule has 4 rings (SSSR count). The van der Waals surface area contributed by atoms with Crippen LogP contribution in [0, 0.1) is 0 Å². The summed E-state index contributed by atoms with van der Waals surface area (Å²) in [6.45, 7) is 0.421. The van der Waals surface area contributed by atoms with E-state index < -0.39 is 5.97 Å². The van der Waals surface area contributed by atoms with Gasteiger partial charge in [0.25, 0.3) is 0 Å². The average Bonchev–Trinajstić information content (AvgIpc) is 3.23. The monoisotopic (exact) mass is 453 g/mol. The third kappa shape index (κ3) is 4.36. The Morgan fingerprint density at radius 1 is 0.933 bits per heavy atom. The Balaban J connectivity index is 1.74. The molecule has 150 valence electrons. The minimum absolute atomic E-state index is 0.0415. The second-order valence-corrected chi connectivity index (χ2v) is 8.32. The van der Waals surface area contributed by atoms with Crippen LogP contribution < -0.4 is 9.84 Å². The van der Waals surface area contributed by atoms with Crippen LogP contribution in [0.4, 0.5) is 0 Å². The van der Waals surface area contributed by atoms with Gasteiger partial charge in [-0.1, -0.05) is 59.6 Å². The van der Waals surface area contributed by atoms with Gasteiger partial charge in [0.15, 0.2) is 0 Å². The summed E-state index contributed by atoms with van der Waals surface area (Å²) >= 11 is 13.8. The van der Waals surface area contributed by atoms with Gasteiger partial charge in [-0.15, -0.1) is 11.3 Å². The Morgan fingerprint density at radius 2 is 1.73 bits per heavy atom. The number of halogens is 2. The van der Waals surface area contributed by atoms with Crippen molar-refractivity contribution in [2.45, 2.75) is 6.61 Å². The minimum atomic E-state index is -1.31.